The molecule has 0 saturated carbocycles. The molecule has 1 aromatic heterocycles. The number of hydrogen-bond acceptors (Lipinski definition) is 6. The molecular formula is C14H18N4O3. The summed E-state index contributed by atoms with van der Waals surface area (Å²) < 4.78 is 5.57. The van der Waals surface area contributed by atoms with Gasteiger partial charge >= 0.3 is 0 Å². The van der Waals surface area contributed by atoms with Crippen LogP contribution in [0, 0.1) is 17.0 Å². The van der Waals surface area contributed by atoms with Crippen molar-refractivity contribution in [3.05, 3.63) is 39.8 Å². The van der Waals surface area contributed by atoms with Gasteiger partial charge in [-0.15, -0.1) is 10.2 Å². The maximum Gasteiger partial charge on any atom is 0.273 e. The molecule has 0 aliphatic rings. The van der Waals surface area contributed by atoms with Crippen molar-refractivity contribution in [2.24, 2.45) is 0 Å². The van der Waals surface area contributed by atoms with Crippen molar-refractivity contribution in [2.75, 3.05) is 0 Å². The number of nitrogens with one attached hydrogen (secondary N) is 1. The molecule has 0 fully saturated rings. The van der Waals surface area contributed by atoms with E-state index in [0.29, 0.717) is 29.5 Å². The summed E-state index contributed by atoms with van der Waals surface area (Å²) in [5.41, 5.74) is 1.08. The average molecular weight is 290 g/mol. The molecule has 2 rings (SSSR count). The molecule has 0 unspecified atom stereocenters. The van der Waals surface area contributed by atoms with E-state index in [1.165, 1.54) is 6.07 Å². The van der Waals surface area contributed by atoms with Gasteiger partial charge in [0.25, 0.3) is 5.69 Å². The number of benzene rings is 1. The molecule has 0 spiro atoms. The molecule has 1 aromatic carbocycles. The largest absolute Gasteiger partial charge is 0.419 e. The zero-order valence-electron chi connectivity index (χ0n) is 12.5. The highest BCUT2D eigenvalue weighted by atomic mass is 16.6. The Morgan fingerprint density at radius 2 is 2.05 bits per heavy atom. The van der Waals surface area contributed by atoms with Crippen LogP contribution in [0.25, 0.3) is 11.5 Å². The number of nitrogens with zero attached hydrogens (tertiary/aromatic N) is 3. The minimum absolute atomic E-state index is 0.0417. The fourth-order valence-electron chi connectivity index (χ4n) is 1.83. The Bertz CT molecular complexity index is 658. The Morgan fingerprint density at radius 1 is 1.33 bits per heavy atom. The van der Waals surface area contributed by atoms with Gasteiger partial charge in [-0.1, -0.05) is 6.07 Å². The van der Waals surface area contributed by atoms with Gasteiger partial charge in [0.2, 0.25) is 11.8 Å². The molecule has 0 aliphatic carbocycles. The van der Waals surface area contributed by atoms with Crippen molar-refractivity contribution in [1.29, 1.82) is 0 Å². The molecule has 21 heavy (non-hydrogen) atoms. The van der Waals surface area contributed by atoms with Crippen LogP contribution in [0.5, 0.6) is 0 Å². The lowest BCUT2D eigenvalue weighted by Crippen LogP contribution is -2.35. The molecule has 0 amide bonds. The van der Waals surface area contributed by atoms with Gasteiger partial charge in [0, 0.05) is 22.7 Å². The number of nitro benzene ring substituents is 1. The molecule has 7 nitrogen and oxygen atoms in total. The summed E-state index contributed by atoms with van der Waals surface area (Å²) in [6, 6.07) is 4.80. The van der Waals surface area contributed by atoms with Crippen LogP contribution in [0.1, 0.15) is 32.2 Å². The SMILES string of the molecule is Cc1c(-c2nnc(CNC(C)(C)C)o2)cccc1[N+](=O)[O-]. The lowest BCUT2D eigenvalue weighted by molar-refractivity contribution is -0.385. The Kier molecular flexibility index (Phi) is 4.04. The molecule has 112 valence electrons. The standard InChI is InChI=1S/C14H18N4O3/c1-9-10(6-5-7-11(9)18(19)20)13-17-16-12(21-13)8-15-14(2,3)4/h5-7,15H,8H2,1-4H3. The van der Waals surface area contributed by atoms with Gasteiger partial charge in [0.15, 0.2) is 0 Å². The second kappa shape index (κ2) is 5.61. The lowest BCUT2D eigenvalue weighted by atomic mass is 10.1. The fourth-order valence-corrected chi connectivity index (χ4v) is 1.83. The summed E-state index contributed by atoms with van der Waals surface area (Å²) in [6.45, 7) is 8.23. The molecule has 0 saturated heterocycles. The highest BCUT2D eigenvalue weighted by Gasteiger charge is 2.19. The van der Waals surface area contributed by atoms with Crippen molar-refractivity contribution in [1.82, 2.24) is 15.5 Å². The third kappa shape index (κ3) is 3.63. The van der Waals surface area contributed by atoms with E-state index in [0.717, 1.165) is 0 Å². The zero-order chi connectivity index (χ0) is 15.6. The van der Waals surface area contributed by atoms with Crippen LogP contribution >= 0.6 is 0 Å². The van der Waals surface area contributed by atoms with Crippen LogP contribution in [0.4, 0.5) is 5.69 Å². The van der Waals surface area contributed by atoms with Gasteiger partial charge < -0.3 is 9.73 Å². The Balaban J connectivity index is 2.26. The lowest BCUT2D eigenvalue weighted by Gasteiger charge is -2.18. The normalized spacial score (nSPS) is 11.6. The van der Waals surface area contributed by atoms with Gasteiger partial charge in [0.1, 0.15) is 0 Å². The molecule has 0 radical (unpaired) electrons. The molecular weight excluding hydrogens is 272 g/mol. The van der Waals surface area contributed by atoms with Gasteiger partial charge in [-0.3, -0.25) is 10.1 Å². The summed E-state index contributed by atoms with van der Waals surface area (Å²) in [4.78, 5) is 10.5. The average Bonchev–Trinajstić information content (AvgIpc) is 2.84. The van der Waals surface area contributed by atoms with Crippen LogP contribution in [0.15, 0.2) is 22.6 Å². The quantitative estimate of drug-likeness (QED) is 0.687. The smallest absolute Gasteiger partial charge is 0.273 e. The van der Waals surface area contributed by atoms with Crippen LogP contribution in [0.2, 0.25) is 0 Å². The van der Waals surface area contributed by atoms with E-state index in [1.807, 2.05) is 20.8 Å². The minimum atomic E-state index is -0.419. The van der Waals surface area contributed by atoms with E-state index in [-0.39, 0.29) is 11.2 Å². The van der Waals surface area contributed by atoms with Gasteiger partial charge in [0.05, 0.1) is 11.5 Å². The first kappa shape index (κ1) is 15.1. The summed E-state index contributed by atoms with van der Waals surface area (Å²) in [7, 11) is 0. The van der Waals surface area contributed by atoms with Gasteiger partial charge in [-0.05, 0) is 33.8 Å². The van der Waals surface area contributed by atoms with Crippen LogP contribution in [0.3, 0.4) is 0 Å². The Labute approximate surface area is 122 Å². The maximum absolute atomic E-state index is 11.0. The number of hydrogen-bond donors (Lipinski definition) is 1. The highest BCUT2D eigenvalue weighted by Crippen LogP contribution is 2.28. The van der Waals surface area contributed by atoms with Crippen LogP contribution < -0.4 is 5.32 Å². The molecule has 1 N–H and O–H groups in total. The van der Waals surface area contributed by atoms with E-state index in [4.69, 9.17) is 4.42 Å². The molecule has 0 atom stereocenters. The van der Waals surface area contributed by atoms with Gasteiger partial charge in [-0.25, -0.2) is 0 Å². The summed E-state index contributed by atoms with van der Waals surface area (Å²) in [5, 5.41) is 22.1. The van der Waals surface area contributed by atoms with Gasteiger partial charge in [-0.2, -0.15) is 0 Å². The van der Waals surface area contributed by atoms with Crippen molar-refractivity contribution >= 4 is 5.69 Å². The summed E-state index contributed by atoms with van der Waals surface area (Å²) in [6.07, 6.45) is 0. The third-order valence-electron chi connectivity index (χ3n) is 2.97. The van der Waals surface area contributed by atoms with E-state index >= 15 is 0 Å². The second-order valence-electron chi connectivity index (χ2n) is 5.81. The molecule has 2 aromatic rings. The summed E-state index contributed by atoms with van der Waals surface area (Å²) in [5.74, 6) is 0.743. The fraction of sp³-hybridized carbons (Fsp3) is 0.429. The van der Waals surface area contributed by atoms with E-state index < -0.39 is 4.92 Å². The predicted octanol–water partition coefficient (Wildman–Crippen LogP) is 2.84. The topological polar surface area (TPSA) is 94.1 Å². The Morgan fingerprint density at radius 3 is 2.67 bits per heavy atom. The first-order chi connectivity index (χ1) is 9.78. The van der Waals surface area contributed by atoms with Crippen molar-refractivity contribution < 1.29 is 9.34 Å². The summed E-state index contributed by atoms with van der Waals surface area (Å²) >= 11 is 0. The number of rotatable bonds is 4. The van der Waals surface area contributed by atoms with Crippen molar-refractivity contribution in [3.63, 3.8) is 0 Å². The first-order valence-corrected chi connectivity index (χ1v) is 6.60. The molecule has 7 heteroatoms. The van der Waals surface area contributed by atoms with E-state index in [9.17, 15) is 10.1 Å². The predicted molar refractivity (Wildman–Crippen MR) is 77.7 cm³/mol. The zero-order valence-corrected chi connectivity index (χ0v) is 12.5. The molecule has 0 bridgehead atoms. The second-order valence-corrected chi connectivity index (χ2v) is 5.81. The number of nitro groups is 1. The molecule has 1 heterocycles. The highest BCUT2D eigenvalue weighted by molar-refractivity contribution is 5.64. The van der Waals surface area contributed by atoms with Crippen LogP contribution in [-0.4, -0.2) is 20.7 Å². The maximum atomic E-state index is 11.0. The monoisotopic (exact) mass is 290 g/mol. The third-order valence-corrected chi connectivity index (χ3v) is 2.97. The molecule has 0 aliphatic heterocycles. The minimum Gasteiger partial charge on any atom is -0.419 e. The number of aromatic nitrogens is 2. The Hall–Kier alpha value is -2.28. The first-order valence-electron chi connectivity index (χ1n) is 6.60. The van der Waals surface area contributed by atoms with Crippen molar-refractivity contribution in [2.45, 2.75) is 39.8 Å². The van der Waals surface area contributed by atoms with E-state index in [2.05, 4.69) is 15.5 Å². The van der Waals surface area contributed by atoms with Crippen LogP contribution in [-0.2, 0) is 6.54 Å². The van der Waals surface area contributed by atoms with Crippen molar-refractivity contribution in [3.8, 4) is 11.5 Å². The van der Waals surface area contributed by atoms with E-state index in [1.54, 1.807) is 19.1 Å².